The van der Waals surface area contributed by atoms with Crippen molar-refractivity contribution in [3.05, 3.63) is 59.7 Å². The maximum absolute atomic E-state index is 11.9. The summed E-state index contributed by atoms with van der Waals surface area (Å²) in [5, 5.41) is 12.4. The van der Waals surface area contributed by atoms with Crippen molar-refractivity contribution in [2.75, 3.05) is 6.61 Å². The lowest BCUT2D eigenvalue weighted by Gasteiger charge is -2.17. The molecule has 4 heteroatoms. The molecule has 0 saturated carbocycles. The fourth-order valence-electron chi connectivity index (χ4n) is 2.16. The molecular weight excluding hydrogens is 266 g/mol. The number of rotatable bonds is 5. The third kappa shape index (κ3) is 3.99. The Bertz CT molecular complexity index is 625. The van der Waals surface area contributed by atoms with Gasteiger partial charge in [-0.3, -0.25) is 4.79 Å². The predicted molar refractivity (Wildman–Crippen MR) is 81.3 cm³/mol. The fraction of sp³-hybridized carbons (Fsp3) is 0.235. The second-order valence-electron chi connectivity index (χ2n) is 4.90. The van der Waals surface area contributed by atoms with Gasteiger partial charge in [0.05, 0.1) is 6.04 Å². The topological polar surface area (TPSA) is 58.6 Å². The number of ether oxygens (including phenoxy) is 1. The van der Waals surface area contributed by atoms with Crippen LogP contribution in [0.1, 0.15) is 24.1 Å². The van der Waals surface area contributed by atoms with Crippen LogP contribution in [0.3, 0.4) is 0 Å². The number of aryl methyl sites for hydroxylation is 1. The van der Waals surface area contributed by atoms with Crippen molar-refractivity contribution in [2.24, 2.45) is 0 Å². The third-order valence-electron chi connectivity index (χ3n) is 3.26. The molecule has 21 heavy (non-hydrogen) atoms. The summed E-state index contributed by atoms with van der Waals surface area (Å²) in [5.74, 6) is 0.0995. The summed E-state index contributed by atoms with van der Waals surface area (Å²) < 4.78 is 5.30. The molecule has 0 aliphatic heterocycles. The summed E-state index contributed by atoms with van der Waals surface area (Å²) in [4.78, 5) is 11.9. The Morgan fingerprint density at radius 1 is 1.19 bits per heavy atom. The van der Waals surface area contributed by atoms with E-state index in [-0.39, 0.29) is 24.3 Å². The number of carbonyl (C=O) groups is 1. The number of para-hydroxylation sites is 2. The Hall–Kier alpha value is -2.49. The van der Waals surface area contributed by atoms with Crippen LogP contribution in [-0.4, -0.2) is 17.6 Å². The Morgan fingerprint density at radius 2 is 1.86 bits per heavy atom. The quantitative estimate of drug-likeness (QED) is 0.888. The number of phenolic OH excluding ortho intramolecular Hbond substituents is 1. The van der Waals surface area contributed by atoms with Gasteiger partial charge in [-0.25, -0.2) is 0 Å². The van der Waals surface area contributed by atoms with Crippen LogP contribution in [0.15, 0.2) is 48.5 Å². The van der Waals surface area contributed by atoms with Crippen LogP contribution >= 0.6 is 0 Å². The molecule has 0 aromatic heterocycles. The van der Waals surface area contributed by atoms with E-state index in [0.717, 1.165) is 11.1 Å². The molecule has 0 spiro atoms. The predicted octanol–water partition coefficient (Wildman–Crippen LogP) is 2.96. The Labute approximate surface area is 124 Å². The standard InChI is InChI=1S/C17H19NO3/c1-12-7-3-4-8-14(12)13(2)18-17(20)11-21-16-10-6-5-9-15(16)19/h3-10,13,19H,11H2,1-2H3,(H,18,20). The van der Waals surface area contributed by atoms with E-state index in [0.29, 0.717) is 5.75 Å². The molecule has 0 bridgehead atoms. The Morgan fingerprint density at radius 3 is 2.57 bits per heavy atom. The molecular formula is C17H19NO3. The molecule has 2 aromatic carbocycles. The highest BCUT2D eigenvalue weighted by Gasteiger charge is 2.12. The molecule has 0 fully saturated rings. The van der Waals surface area contributed by atoms with Crippen molar-refractivity contribution in [2.45, 2.75) is 19.9 Å². The molecule has 0 heterocycles. The summed E-state index contributed by atoms with van der Waals surface area (Å²) in [7, 11) is 0. The minimum Gasteiger partial charge on any atom is -0.504 e. The molecule has 0 saturated heterocycles. The number of phenols is 1. The molecule has 1 unspecified atom stereocenters. The first-order valence-corrected chi connectivity index (χ1v) is 6.83. The Kier molecular flexibility index (Phi) is 4.82. The maximum Gasteiger partial charge on any atom is 0.258 e. The largest absolute Gasteiger partial charge is 0.504 e. The first-order chi connectivity index (χ1) is 10.1. The first kappa shape index (κ1) is 14.9. The van der Waals surface area contributed by atoms with Crippen molar-refractivity contribution in [3.8, 4) is 11.5 Å². The van der Waals surface area contributed by atoms with Gasteiger partial charge in [0.1, 0.15) is 0 Å². The van der Waals surface area contributed by atoms with E-state index in [1.165, 1.54) is 6.07 Å². The van der Waals surface area contributed by atoms with Crippen molar-refractivity contribution < 1.29 is 14.6 Å². The first-order valence-electron chi connectivity index (χ1n) is 6.83. The zero-order chi connectivity index (χ0) is 15.2. The number of hydrogen-bond donors (Lipinski definition) is 2. The molecule has 0 radical (unpaired) electrons. The number of amides is 1. The van der Waals surface area contributed by atoms with E-state index in [1.54, 1.807) is 18.2 Å². The number of benzene rings is 2. The lowest BCUT2D eigenvalue weighted by Crippen LogP contribution is -2.31. The van der Waals surface area contributed by atoms with Crippen LogP contribution in [0.25, 0.3) is 0 Å². The molecule has 2 N–H and O–H groups in total. The molecule has 2 rings (SSSR count). The van der Waals surface area contributed by atoms with Crippen molar-refractivity contribution in [3.63, 3.8) is 0 Å². The van der Waals surface area contributed by atoms with Crippen LogP contribution in [0.4, 0.5) is 0 Å². The van der Waals surface area contributed by atoms with E-state index in [4.69, 9.17) is 4.74 Å². The number of hydrogen-bond acceptors (Lipinski definition) is 3. The van der Waals surface area contributed by atoms with Gasteiger partial charge in [0.25, 0.3) is 5.91 Å². The van der Waals surface area contributed by atoms with Crippen LogP contribution in [-0.2, 0) is 4.79 Å². The molecule has 1 atom stereocenters. The average Bonchev–Trinajstić information content (AvgIpc) is 2.46. The molecule has 110 valence electrons. The van der Waals surface area contributed by atoms with Gasteiger partial charge < -0.3 is 15.2 Å². The number of carbonyl (C=O) groups excluding carboxylic acids is 1. The lowest BCUT2D eigenvalue weighted by molar-refractivity contribution is -0.123. The smallest absolute Gasteiger partial charge is 0.258 e. The van der Waals surface area contributed by atoms with Crippen molar-refractivity contribution >= 4 is 5.91 Å². The highest BCUT2D eigenvalue weighted by Crippen LogP contribution is 2.24. The van der Waals surface area contributed by atoms with Crippen molar-refractivity contribution in [1.29, 1.82) is 0 Å². The molecule has 0 aliphatic rings. The van der Waals surface area contributed by atoms with Gasteiger partial charge in [-0.05, 0) is 37.1 Å². The monoisotopic (exact) mass is 285 g/mol. The maximum atomic E-state index is 11.9. The van der Waals surface area contributed by atoms with Crippen LogP contribution in [0.2, 0.25) is 0 Å². The van der Waals surface area contributed by atoms with E-state index in [9.17, 15) is 9.90 Å². The third-order valence-corrected chi connectivity index (χ3v) is 3.26. The second-order valence-corrected chi connectivity index (χ2v) is 4.90. The van der Waals surface area contributed by atoms with Crippen LogP contribution in [0.5, 0.6) is 11.5 Å². The van der Waals surface area contributed by atoms with E-state index < -0.39 is 0 Å². The highest BCUT2D eigenvalue weighted by atomic mass is 16.5. The van der Waals surface area contributed by atoms with Crippen LogP contribution < -0.4 is 10.1 Å². The van der Waals surface area contributed by atoms with Gasteiger partial charge in [-0.15, -0.1) is 0 Å². The van der Waals surface area contributed by atoms with Gasteiger partial charge in [-0.1, -0.05) is 36.4 Å². The molecule has 0 aliphatic carbocycles. The summed E-state index contributed by atoms with van der Waals surface area (Å²) in [6, 6.07) is 14.4. The summed E-state index contributed by atoms with van der Waals surface area (Å²) in [6.07, 6.45) is 0. The Balaban J connectivity index is 1.90. The average molecular weight is 285 g/mol. The molecule has 1 amide bonds. The summed E-state index contributed by atoms with van der Waals surface area (Å²) >= 11 is 0. The van der Waals surface area contributed by atoms with Crippen LogP contribution in [0, 0.1) is 6.92 Å². The summed E-state index contributed by atoms with van der Waals surface area (Å²) in [6.45, 7) is 3.81. The van der Waals surface area contributed by atoms with E-state index in [2.05, 4.69) is 5.32 Å². The van der Waals surface area contributed by atoms with Gasteiger partial charge >= 0.3 is 0 Å². The molecule has 4 nitrogen and oxygen atoms in total. The fourth-order valence-corrected chi connectivity index (χ4v) is 2.16. The minimum atomic E-state index is -0.228. The summed E-state index contributed by atoms with van der Waals surface area (Å²) in [5.41, 5.74) is 2.21. The second kappa shape index (κ2) is 6.79. The number of nitrogens with one attached hydrogen (secondary N) is 1. The normalized spacial score (nSPS) is 11.7. The van der Waals surface area contributed by atoms with Gasteiger partial charge in [0.15, 0.2) is 18.1 Å². The number of aromatic hydroxyl groups is 1. The SMILES string of the molecule is Cc1ccccc1C(C)NC(=O)COc1ccccc1O. The van der Waals surface area contributed by atoms with E-state index in [1.807, 2.05) is 38.1 Å². The minimum absolute atomic E-state index is 0.0252. The van der Waals surface area contributed by atoms with Gasteiger partial charge in [-0.2, -0.15) is 0 Å². The van der Waals surface area contributed by atoms with Gasteiger partial charge in [0.2, 0.25) is 0 Å². The van der Waals surface area contributed by atoms with Gasteiger partial charge in [0, 0.05) is 0 Å². The van der Waals surface area contributed by atoms with E-state index >= 15 is 0 Å². The zero-order valence-electron chi connectivity index (χ0n) is 12.2. The highest BCUT2D eigenvalue weighted by molar-refractivity contribution is 5.78. The molecule has 2 aromatic rings. The lowest BCUT2D eigenvalue weighted by atomic mass is 10.0. The zero-order valence-corrected chi connectivity index (χ0v) is 12.2. The van der Waals surface area contributed by atoms with Crippen molar-refractivity contribution in [1.82, 2.24) is 5.32 Å².